The molecule has 0 aliphatic carbocycles. The summed E-state index contributed by atoms with van der Waals surface area (Å²) in [6, 6.07) is 3.54. The highest BCUT2D eigenvalue weighted by molar-refractivity contribution is 7.27. The minimum atomic E-state index is -0.648. The first-order valence-corrected chi connectivity index (χ1v) is 3.97. The number of nitrogens with zero attached hydrogens (tertiary/aromatic N) is 2. The number of hydrogen-bond donors (Lipinski definition) is 0. The van der Waals surface area contributed by atoms with Crippen molar-refractivity contribution < 1.29 is 22.3 Å². The zero-order chi connectivity index (χ0) is 10.0. The molecule has 0 fully saturated rings. The van der Waals surface area contributed by atoms with Crippen LogP contribution in [-0.2, 0) is 0 Å². The van der Waals surface area contributed by atoms with Crippen LogP contribution in [0, 0.1) is 20.2 Å². The standard InChI is InChI=1S/C6H5N2O4P.ClH/c9-7(10)4-1-5(8(11)12)3-6(13)2-4;/h1-3H,13H2;1H. The molecule has 8 heteroatoms. The molecule has 0 bridgehead atoms. The smallest absolute Gasteiger partial charge is 0.280 e. The monoisotopic (exact) mass is 236 g/mol. The van der Waals surface area contributed by atoms with Gasteiger partial charge in [0.15, 0.2) is 0 Å². The molecule has 0 amide bonds. The SMILES string of the molecule is O=[N+]([O-])c1cc([PH3+])cc([N+](=O)[O-])c1.[Cl-]. The summed E-state index contributed by atoms with van der Waals surface area (Å²) in [6.45, 7) is 0. The maximum Gasteiger partial charge on any atom is 0.280 e. The van der Waals surface area contributed by atoms with Crippen LogP contribution in [0.15, 0.2) is 18.2 Å². The second kappa shape index (κ2) is 4.83. The fraction of sp³-hybridized carbons (Fsp3) is 0. The zero-order valence-corrected chi connectivity index (χ0v) is 9.01. The van der Waals surface area contributed by atoms with Crippen LogP contribution in [0.5, 0.6) is 0 Å². The summed E-state index contributed by atoms with van der Waals surface area (Å²) in [4.78, 5) is 19.3. The maximum absolute atomic E-state index is 10.3. The summed E-state index contributed by atoms with van der Waals surface area (Å²) < 4.78 is 0. The molecule has 1 aromatic rings. The van der Waals surface area contributed by atoms with E-state index in [9.17, 15) is 20.2 Å². The lowest BCUT2D eigenvalue weighted by Crippen LogP contribution is -3.00. The van der Waals surface area contributed by atoms with Crippen molar-refractivity contribution in [2.45, 2.75) is 0 Å². The summed E-state index contributed by atoms with van der Waals surface area (Å²) in [7, 11) is 1.37. The number of nitro groups is 2. The van der Waals surface area contributed by atoms with E-state index < -0.39 is 9.85 Å². The van der Waals surface area contributed by atoms with Crippen molar-refractivity contribution in [1.29, 1.82) is 0 Å². The molecule has 0 radical (unpaired) electrons. The van der Waals surface area contributed by atoms with Crippen molar-refractivity contribution in [3.63, 3.8) is 0 Å². The van der Waals surface area contributed by atoms with E-state index in [0.29, 0.717) is 5.30 Å². The third-order valence-corrected chi connectivity index (χ3v) is 1.79. The number of hydrogen-bond acceptors (Lipinski definition) is 4. The van der Waals surface area contributed by atoms with Crippen LogP contribution in [0.1, 0.15) is 0 Å². The van der Waals surface area contributed by atoms with E-state index in [0.717, 1.165) is 6.07 Å². The first-order chi connectivity index (χ1) is 6.00. The summed E-state index contributed by atoms with van der Waals surface area (Å²) >= 11 is 0. The number of rotatable bonds is 2. The highest BCUT2D eigenvalue weighted by Gasteiger charge is 2.16. The average molecular weight is 237 g/mol. The molecule has 0 aliphatic heterocycles. The van der Waals surface area contributed by atoms with Crippen LogP contribution in [-0.4, -0.2) is 9.85 Å². The maximum atomic E-state index is 10.3. The van der Waals surface area contributed by atoms with Gasteiger partial charge in [0.25, 0.3) is 11.4 Å². The predicted octanol–water partition coefficient (Wildman–Crippen LogP) is -2.26. The van der Waals surface area contributed by atoms with Crippen molar-refractivity contribution in [1.82, 2.24) is 0 Å². The lowest BCUT2D eigenvalue weighted by molar-refractivity contribution is -0.394. The molecule has 6 nitrogen and oxygen atoms in total. The van der Waals surface area contributed by atoms with Crippen molar-refractivity contribution in [2.24, 2.45) is 0 Å². The topological polar surface area (TPSA) is 86.3 Å². The Morgan fingerprint density at radius 3 is 1.64 bits per heavy atom. The molecular formula is C6H6ClN2O4P. The summed E-state index contributed by atoms with van der Waals surface area (Å²) in [5.41, 5.74) is -0.501. The summed E-state index contributed by atoms with van der Waals surface area (Å²) in [6.07, 6.45) is 0. The van der Waals surface area contributed by atoms with Gasteiger partial charge < -0.3 is 12.4 Å². The van der Waals surface area contributed by atoms with Crippen LogP contribution in [0.25, 0.3) is 0 Å². The van der Waals surface area contributed by atoms with E-state index in [2.05, 4.69) is 0 Å². The van der Waals surface area contributed by atoms with Gasteiger partial charge in [-0.25, -0.2) is 0 Å². The van der Waals surface area contributed by atoms with Gasteiger partial charge in [-0.2, -0.15) is 0 Å². The third-order valence-electron chi connectivity index (χ3n) is 1.38. The predicted molar refractivity (Wildman–Crippen MR) is 50.5 cm³/mol. The van der Waals surface area contributed by atoms with Gasteiger partial charge in [-0.3, -0.25) is 20.2 Å². The van der Waals surface area contributed by atoms with Gasteiger partial charge in [-0.1, -0.05) is 0 Å². The normalized spacial score (nSPS) is 9.14. The number of benzene rings is 1. The minimum Gasteiger partial charge on any atom is -1.00 e. The van der Waals surface area contributed by atoms with Crippen LogP contribution in [0.3, 0.4) is 0 Å². The van der Waals surface area contributed by atoms with E-state index in [1.165, 1.54) is 21.4 Å². The molecule has 1 unspecified atom stereocenters. The van der Waals surface area contributed by atoms with Gasteiger partial charge >= 0.3 is 0 Å². The van der Waals surface area contributed by atoms with Crippen molar-refractivity contribution in [3.05, 3.63) is 38.4 Å². The van der Waals surface area contributed by atoms with E-state index in [1.54, 1.807) is 0 Å². The van der Waals surface area contributed by atoms with E-state index in [4.69, 9.17) is 0 Å². The second-order valence-corrected chi connectivity index (χ2v) is 3.19. The lowest BCUT2D eigenvalue weighted by atomic mass is 10.3. The van der Waals surface area contributed by atoms with Crippen LogP contribution in [0.2, 0.25) is 0 Å². The fourth-order valence-corrected chi connectivity index (χ4v) is 1.29. The van der Waals surface area contributed by atoms with Gasteiger partial charge in [0, 0.05) is 9.24 Å². The second-order valence-electron chi connectivity index (χ2n) is 2.37. The molecule has 14 heavy (non-hydrogen) atoms. The molecule has 0 aliphatic rings. The molecule has 0 N–H and O–H groups in total. The molecule has 0 saturated carbocycles. The first kappa shape index (κ1) is 12.7. The van der Waals surface area contributed by atoms with Crippen LogP contribution in [0.4, 0.5) is 11.4 Å². The molecule has 0 aromatic heterocycles. The first-order valence-electron chi connectivity index (χ1n) is 3.26. The Kier molecular flexibility index (Phi) is 4.40. The van der Waals surface area contributed by atoms with Crippen molar-refractivity contribution in [2.75, 3.05) is 0 Å². The van der Waals surface area contributed by atoms with E-state index in [1.807, 2.05) is 0 Å². The Morgan fingerprint density at radius 1 is 1.00 bits per heavy atom. The quantitative estimate of drug-likeness (QED) is 0.329. The summed E-state index contributed by atoms with van der Waals surface area (Å²) in [5, 5.41) is 21.2. The highest BCUT2D eigenvalue weighted by Crippen LogP contribution is 2.18. The van der Waals surface area contributed by atoms with E-state index in [-0.39, 0.29) is 23.8 Å². The molecule has 1 rings (SSSR count). The Labute approximate surface area is 87.2 Å². The van der Waals surface area contributed by atoms with Gasteiger partial charge in [-0.05, 0) is 0 Å². The molecule has 0 saturated heterocycles. The van der Waals surface area contributed by atoms with Crippen LogP contribution >= 0.6 is 9.24 Å². The van der Waals surface area contributed by atoms with E-state index >= 15 is 0 Å². The molecular weight excluding hydrogens is 231 g/mol. The highest BCUT2D eigenvalue weighted by atomic mass is 35.5. The van der Waals surface area contributed by atoms with Gasteiger partial charge in [-0.15, -0.1) is 0 Å². The Hall–Kier alpha value is -1.26. The Morgan fingerprint density at radius 2 is 1.36 bits per heavy atom. The molecule has 1 atom stereocenters. The largest absolute Gasteiger partial charge is 1.00 e. The lowest BCUT2D eigenvalue weighted by Gasteiger charge is -1.92. The van der Waals surface area contributed by atoms with Crippen LogP contribution < -0.4 is 17.7 Å². The molecule has 0 heterocycles. The van der Waals surface area contributed by atoms with Crippen molar-refractivity contribution >= 4 is 25.9 Å². The number of non-ortho nitro benzene ring substituents is 2. The third kappa shape index (κ3) is 2.90. The van der Waals surface area contributed by atoms with Gasteiger partial charge in [0.05, 0.1) is 28.0 Å². The minimum absolute atomic E-state index is 0. The molecule has 1 aromatic carbocycles. The number of nitro benzene ring substituents is 2. The Bertz CT molecular complexity index is 352. The van der Waals surface area contributed by atoms with Gasteiger partial charge in [0.1, 0.15) is 5.30 Å². The van der Waals surface area contributed by atoms with Crippen molar-refractivity contribution in [3.8, 4) is 0 Å². The fourth-order valence-electron chi connectivity index (χ4n) is 0.867. The zero-order valence-electron chi connectivity index (χ0n) is 6.84. The van der Waals surface area contributed by atoms with Gasteiger partial charge in [0.2, 0.25) is 0 Å². The molecule has 0 spiro atoms. The number of halogens is 1. The summed E-state index contributed by atoms with van der Waals surface area (Å²) in [5.74, 6) is 0. The molecule has 76 valence electrons. The Balaban J connectivity index is 0.00000169. The average Bonchev–Trinajstić information content (AvgIpc) is 2.03.